The molecule has 2 aromatic rings. The number of anilines is 1. The number of nitrogens with zero attached hydrogens (tertiary/aromatic N) is 3. The van der Waals surface area contributed by atoms with Gasteiger partial charge in [-0.1, -0.05) is 11.3 Å². The highest BCUT2D eigenvalue weighted by molar-refractivity contribution is 7.11. The molecule has 162 valence electrons. The predicted molar refractivity (Wildman–Crippen MR) is 119 cm³/mol. The number of benzene rings is 1. The molecule has 7 nitrogen and oxygen atoms in total. The minimum absolute atomic E-state index is 0.0202. The highest BCUT2D eigenvalue weighted by Gasteiger charge is 2.30. The minimum atomic E-state index is -0.0202. The first-order valence-corrected chi connectivity index (χ1v) is 11.7. The van der Waals surface area contributed by atoms with Crippen LogP contribution < -0.4 is 14.8 Å². The molecule has 0 atom stereocenters. The van der Waals surface area contributed by atoms with Gasteiger partial charge in [-0.3, -0.25) is 4.90 Å². The van der Waals surface area contributed by atoms with E-state index in [4.69, 9.17) is 9.47 Å². The number of amides is 2. The maximum absolute atomic E-state index is 12.6. The molecule has 8 heteroatoms. The number of ether oxygens (including phenoxy) is 2. The van der Waals surface area contributed by atoms with E-state index < -0.39 is 0 Å². The monoisotopic (exact) mass is 430 g/mol. The molecule has 0 bridgehead atoms. The molecule has 4 rings (SSSR count). The molecule has 2 saturated heterocycles. The molecule has 2 aliphatic rings. The molecular formula is C22H30N4O3S. The Morgan fingerprint density at radius 3 is 2.50 bits per heavy atom. The van der Waals surface area contributed by atoms with Crippen LogP contribution in [0.1, 0.15) is 32.6 Å². The number of aromatic nitrogens is 1. The molecule has 1 aromatic heterocycles. The second-order valence-corrected chi connectivity index (χ2v) is 8.61. The van der Waals surface area contributed by atoms with Crippen molar-refractivity contribution in [1.29, 1.82) is 0 Å². The molecule has 1 N–H and O–H groups in total. The molecule has 0 saturated carbocycles. The Balaban J connectivity index is 1.19. The summed E-state index contributed by atoms with van der Waals surface area (Å²) in [5, 5.41) is 5.73. The van der Waals surface area contributed by atoms with E-state index in [-0.39, 0.29) is 12.1 Å². The number of carbonyl (C=O) groups excluding carboxylic acids is 1. The summed E-state index contributed by atoms with van der Waals surface area (Å²) in [5.74, 6) is 0.817. The normalized spacial score (nSPS) is 18.9. The minimum Gasteiger partial charge on any atom is -0.494 e. The Hall–Kier alpha value is -2.32. The average Bonchev–Trinajstić information content (AvgIpc) is 3.29. The lowest BCUT2D eigenvalue weighted by molar-refractivity contribution is 0.0544. The summed E-state index contributed by atoms with van der Waals surface area (Å²) in [6, 6.07) is 8.06. The largest absolute Gasteiger partial charge is 0.494 e. The molecule has 2 aliphatic heterocycles. The van der Waals surface area contributed by atoms with E-state index in [2.05, 4.69) is 15.2 Å². The van der Waals surface area contributed by atoms with Crippen LogP contribution in [-0.4, -0.2) is 65.7 Å². The maximum Gasteiger partial charge on any atom is 0.321 e. The summed E-state index contributed by atoms with van der Waals surface area (Å²) >= 11 is 1.56. The van der Waals surface area contributed by atoms with Crippen LogP contribution in [0.25, 0.3) is 0 Å². The Bertz CT molecular complexity index is 783. The van der Waals surface area contributed by atoms with Gasteiger partial charge in [-0.15, -0.1) is 0 Å². The maximum atomic E-state index is 12.6. The third-order valence-corrected chi connectivity index (χ3v) is 6.50. The molecule has 0 aliphatic carbocycles. The van der Waals surface area contributed by atoms with E-state index in [0.717, 1.165) is 68.5 Å². The second kappa shape index (κ2) is 10.1. The third-order valence-electron chi connectivity index (χ3n) is 5.84. The van der Waals surface area contributed by atoms with Crippen LogP contribution >= 0.6 is 11.3 Å². The van der Waals surface area contributed by atoms with Crippen molar-refractivity contribution in [2.45, 2.75) is 44.8 Å². The van der Waals surface area contributed by atoms with Crippen LogP contribution in [0.15, 0.2) is 35.8 Å². The van der Waals surface area contributed by atoms with Crippen LogP contribution in [0.2, 0.25) is 0 Å². The summed E-state index contributed by atoms with van der Waals surface area (Å²) in [6.45, 7) is 6.29. The topological polar surface area (TPSA) is 66.9 Å². The zero-order valence-electron chi connectivity index (χ0n) is 17.5. The van der Waals surface area contributed by atoms with Gasteiger partial charge in [-0.05, 0) is 56.9 Å². The summed E-state index contributed by atoms with van der Waals surface area (Å²) in [4.78, 5) is 21.3. The van der Waals surface area contributed by atoms with Crippen LogP contribution in [0, 0.1) is 0 Å². The van der Waals surface area contributed by atoms with Crippen LogP contribution in [0.3, 0.4) is 0 Å². The zero-order chi connectivity index (χ0) is 20.8. The molecule has 30 heavy (non-hydrogen) atoms. The lowest BCUT2D eigenvalue weighted by Crippen LogP contribution is -2.50. The fourth-order valence-corrected chi connectivity index (χ4v) is 4.76. The molecule has 2 amide bonds. The summed E-state index contributed by atoms with van der Waals surface area (Å²) in [6.07, 6.45) is 6.18. The SMILES string of the molecule is CCOc1ccc(NC(=O)N2CCC(N3CCC(Oc4nccs4)CC3)CC2)cc1. The zero-order valence-corrected chi connectivity index (χ0v) is 18.3. The van der Waals surface area contributed by atoms with E-state index in [1.165, 1.54) is 0 Å². The quantitative estimate of drug-likeness (QED) is 0.748. The molecule has 0 radical (unpaired) electrons. The molecular weight excluding hydrogens is 400 g/mol. The fourth-order valence-electron chi connectivity index (χ4n) is 4.21. The van der Waals surface area contributed by atoms with Gasteiger partial charge in [-0.25, -0.2) is 9.78 Å². The van der Waals surface area contributed by atoms with Crippen molar-refractivity contribution in [2.75, 3.05) is 38.1 Å². The van der Waals surface area contributed by atoms with Crippen LogP contribution in [0.4, 0.5) is 10.5 Å². The Morgan fingerprint density at radius 2 is 1.87 bits per heavy atom. The van der Waals surface area contributed by atoms with Crippen molar-refractivity contribution in [1.82, 2.24) is 14.8 Å². The van der Waals surface area contributed by atoms with Crippen molar-refractivity contribution < 1.29 is 14.3 Å². The highest BCUT2D eigenvalue weighted by atomic mass is 32.1. The van der Waals surface area contributed by atoms with E-state index in [1.807, 2.05) is 41.5 Å². The fraction of sp³-hybridized carbons (Fsp3) is 0.545. The molecule has 3 heterocycles. The lowest BCUT2D eigenvalue weighted by atomic mass is 9.99. The number of hydrogen-bond donors (Lipinski definition) is 1. The Labute approximate surface area is 182 Å². The van der Waals surface area contributed by atoms with Crippen LogP contribution in [0.5, 0.6) is 10.9 Å². The summed E-state index contributed by atoms with van der Waals surface area (Å²) in [7, 11) is 0. The van der Waals surface area contributed by atoms with Crippen molar-refractivity contribution in [3.05, 3.63) is 35.8 Å². The highest BCUT2D eigenvalue weighted by Crippen LogP contribution is 2.25. The van der Waals surface area contributed by atoms with Gasteiger partial charge < -0.3 is 19.7 Å². The van der Waals surface area contributed by atoms with Gasteiger partial charge in [0.15, 0.2) is 0 Å². The number of thiazole rings is 1. The summed E-state index contributed by atoms with van der Waals surface area (Å²) < 4.78 is 11.4. The first kappa shape index (κ1) is 20.9. The van der Waals surface area contributed by atoms with E-state index >= 15 is 0 Å². The van der Waals surface area contributed by atoms with Crippen molar-refractivity contribution in [2.24, 2.45) is 0 Å². The van der Waals surface area contributed by atoms with E-state index in [9.17, 15) is 4.79 Å². The molecule has 1 aromatic carbocycles. The Kier molecular flexibility index (Phi) is 7.07. The number of piperidine rings is 2. The van der Waals surface area contributed by atoms with Gasteiger partial charge in [0.2, 0.25) is 0 Å². The predicted octanol–water partition coefficient (Wildman–Crippen LogP) is 4.08. The number of likely N-dealkylation sites (tertiary alicyclic amines) is 2. The van der Waals surface area contributed by atoms with Crippen molar-refractivity contribution in [3.63, 3.8) is 0 Å². The van der Waals surface area contributed by atoms with Gasteiger partial charge in [0.1, 0.15) is 11.9 Å². The first-order valence-electron chi connectivity index (χ1n) is 10.8. The second-order valence-electron chi connectivity index (χ2n) is 7.76. The smallest absolute Gasteiger partial charge is 0.321 e. The van der Waals surface area contributed by atoms with E-state index in [0.29, 0.717) is 12.6 Å². The Morgan fingerprint density at radius 1 is 1.13 bits per heavy atom. The first-order chi connectivity index (χ1) is 14.7. The van der Waals surface area contributed by atoms with Gasteiger partial charge in [0.05, 0.1) is 6.61 Å². The number of urea groups is 1. The van der Waals surface area contributed by atoms with Crippen LogP contribution in [-0.2, 0) is 0 Å². The molecule has 0 spiro atoms. The number of hydrogen-bond acceptors (Lipinski definition) is 6. The average molecular weight is 431 g/mol. The van der Waals surface area contributed by atoms with Gasteiger partial charge in [0, 0.05) is 49.5 Å². The van der Waals surface area contributed by atoms with Crippen molar-refractivity contribution in [3.8, 4) is 10.9 Å². The molecule has 2 fully saturated rings. The van der Waals surface area contributed by atoms with Gasteiger partial charge >= 0.3 is 6.03 Å². The van der Waals surface area contributed by atoms with E-state index in [1.54, 1.807) is 17.5 Å². The third kappa shape index (κ3) is 5.43. The van der Waals surface area contributed by atoms with Gasteiger partial charge in [0.25, 0.3) is 5.19 Å². The number of rotatable bonds is 6. The number of carbonyl (C=O) groups is 1. The standard InChI is InChI=1S/C22H30N4O3S/c1-2-28-19-5-3-17(4-6-19)24-21(27)26-12-7-18(8-13-26)25-14-9-20(10-15-25)29-22-23-11-16-30-22/h3-6,11,16,18,20H,2,7-10,12-15H2,1H3,(H,24,27). The van der Waals surface area contributed by atoms with Gasteiger partial charge in [-0.2, -0.15) is 0 Å². The lowest BCUT2D eigenvalue weighted by Gasteiger charge is -2.41. The summed E-state index contributed by atoms with van der Waals surface area (Å²) in [5.41, 5.74) is 0.799. The molecule has 0 unspecified atom stereocenters. The number of nitrogens with one attached hydrogen (secondary N) is 1. The van der Waals surface area contributed by atoms with Crippen molar-refractivity contribution >= 4 is 23.1 Å².